The number of carbonyl (C=O) groups excluding carboxylic acids is 1. The quantitative estimate of drug-likeness (QED) is 0.780. The van der Waals surface area contributed by atoms with E-state index < -0.39 is 0 Å². The lowest BCUT2D eigenvalue weighted by molar-refractivity contribution is 0.0977. The molecule has 0 saturated heterocycles. The van der Waals surface area contributed by atoms with Crippen molar-refractivity contribution in [2.75, 3.05) is 29.9 Å². The van der Waals surface area contributed by atoms with Crippen LogP contribution in [0.4, 0.5) is 11.5 Å². The molecule has 0 spiro atoms. The van der Waals surface area contributed by atoms with Crippen molar-refractivity contribution in [2.24, 2.45) is 0 Å². The van der Waals surface area contributed by atoms with Crippen LogP contribution in [0.5, 0.6) is 0 Å². The van der Waals surface area contributed by atoms with Crippen LogP contribution >= 0.6 is 0 Å². The maximum atomic E-state index is 12.3. The number of nitrogens with zero attached hydrogens (tertiary/aromatic N) is 5. The van der Waals surface area contributed by atoms with Crippen LogP contribution in [0.25, 0.3) is 0 Å². The van der Waals surface area contributed by atoms with Crippen molar-refractivity contribution in [3.05, 3.63) is 30.5 Å². The Bertz CT molecular complexity index is 567. The fraction of sp³-hybridized carbons (Fsp3) is 0.273. The van der Waals surface area contributed by atoms with E-state index in [1.165, 1.54) is 6.33 Å². The second kappa shape index (κ2) is 4.10. The number of aromatic amines is 1. The van der Waals surface area contributed by atoms with E-state index >= 15 is 0 Å². The summed E-state index contributed by atoms with van der Waals surface area (Å²) in [7, 11) is 1.96. The Hall–Kier alpha value is -2.44. The molecule has 3 heterocycles. The summed E-state index contributed by atoms with van der Waals surface area (Å²) in [6.07, 6.45) is 3.05. The summed E-state index contributed by atoms with van der Waals surface area (Å²) < 4.78 is 0. The highest BCUT2D eigenvalue weighted by Crippen LogP contribution is 2.29. The highest BCUT2D eigenvalue weighted by Gasteiger charge is 2.27. The number of rotatable bonds is 1. The third-order valence-electron chi connectivity index (χ3n) is 2.94. The van der Waals surface area contributed by atoms with Gasteiger partial charge in [-0.2, -0.15) is 5.10 Å². The molecule has 2 aromatic rings. The molecule has 0 aliphatic carbocycles. The lowest BCUT2D eigenvalue weighted by atomic mass is 10.2. The Balaban J connectivity index is 2.00. The monoisotopic (exact) mass is 244 g/mol. The lowest BCUT2D eigenvalue weighted by Gasteiger charge is -2.33. The predicted octanol–water partition coefficient (Wildman–Crippen LogP) is 0.296. The smallest absolute Gasteiger partial charge is 0.295 e. The Morgan fingerprint density at radius 1 is 1.39 bits per heavy atom. The van der Waals surface area contributed by atoms with E-state index in [4.69, 9.17) is 0 Å². The van der Waals surface area contributed by atoms with Crippen molar-refractivity contribution in [2.45, 2.75) is 0 Å². The molecule has 0 radical (unpaired) electrons. The van der Waals surface area contributed by atoms with Gasteiger partial charge in [0.2, 0.25) is 5.82 Å². The second-order valence-electron chi connectivity index (χ2n) is 4.06. The van der Waals surface area contributed by atoms with Gasteiger partial charge in [0.05, 0.1) is 5.69 Å². The van der Waals surface area contributed by atoms with E-state index in [2.05, 4.69) is 20.2 Å². The van der Waals surface area contributed by atoms with Gasteiger partial charge in [-0.15, -0.1) is 0 Å². The molecule has 1 aliphatic heterocycles. The van der Waals surface area contributed by atoms with Gasteiger partial charge < -0.3 is 9.80 Å². The first-order valence-corrected chi connectivity index (χ1v) is 5.61. The van der Waals surface area contributed by atoms with Crippen LogP contribution in [0.15, 0.2) is 24.7 Å². The summed E-state index contributed by atoms with van der Waals surface area (Å²) in [4.78, 5) is 24.2. The average Bonchev–Trinajstić information content (AvgIpc) is 2.93. The van der Waals surface area contributed by atoms with E-state index in [1.54, 1.807) is 11.1 Å². The highest BCUT2D eigenvalue weighted by molar-refractivity contribution is 6.05. The van der Waals surface area contributed by atoms with Crippen LogP contribution in [0.3, 0.4) is 0 Å². The van der Waals surface area contributed by atoms with E-state index in [-0.39, 0.29) is 11.7 Å². The molecule has 1 N–H and O–H groups in total. The Morgan fingerprint density at radius 3 is 3.06 bits per heavy atom. The van der Waals surface area contributed by atoms with E-state index in [0.717, 1.165) is 18.1 Å². The number of likely N-dealkylation sites (N-methyl/N-ethyl adjacent to an activating group) is 1. The average molecular weight is 244 g/mol. The first kappa shape index (κ1) is 10.7. The van der Waals surface area contributed by atoms with Crippen molar-refractivity contribution < 1.29 is 4.79 Å². The summed E-state index contributed by atoms with van der Waals surface area (Å²) in [5, 5.41) is 6.29. The fourth-order valence-electron chi connectivity index (χ4n) is 2.02. The molecule has 2 aromatic heterocycles. The summed E-state index contributed by atoms with van der Waals surface area (Å²) in [5.41, 5.74) is 0.799. The molecule has 0 bridgehead atoms. The summed E-state index contributed by atoms with van der Waals surface area (Å²) in [6, 6.07) is 3.70. The number of H-pyrrole nitrogens is 1. The number of amides is 1. The molecule has 18 heavy (non-hydrogen) atoms. The minimum absolute atomic E-state index is 0.185. The minimum atomic E-state index is -0.185. The zero-order valence-electron chi connectivity index (χ0n) is 9.87. The van der Waals surface area contributed by atoms with Gasteiger partial charge in [-0.3, -0.25) is 9.89 Å². The number of anilines is 2. The Labute approximate surface area is 103 Å². The van der Waals surface area contributed by atoms with Gasteiger partial charge in [-0.25, -0.2) is 9.97 Å². The lowest BCUT2D eigenvalue weighted by Crippen LogP contribution is -2.43. The number of carbonyl (C=O) groups is 1. The van der Waals surface area contributed by atoms with Gasteiger partial charge in [-0.1, -0.05) is 0 Å². The molecule has 0 atom stereocenters. The largest absolute Gasteiger partial charge is 0.356 e. The van der Waals surface area contributed by atoms with Crippen molar-refractivity contribution in [1.29, 1.82) is 0 Å². The molecule has 0 aromatic carbocycles. The molecule has 0 unspecified atom stereocenters. The standard InChI is InChI=1S/C11H12N6O/c1-16-5-6-17(8-3-2-4-12-10(8)16)11(18)9-13-7-14-15-9/h2-4,7H,5-6H2,1H3,(H,13,14,15). The predicted molar refractivity (Wildman–Crippen MR) is 65.6 cm³/mol. The number of fused-ring (bicyclic) bond motifs is 1. The zero-order valence-corrected chi connectivity index (χ0v) is 9.87. The van der Waals surface area contributed by atoms with E-state index in [0.29, 0.717) is 6.54 Å². The fourth-order valence-corrected chi connectivity index (χ4v) is 2.02. The first-order chi connectivity index (χ1) is 8.77. The molecule has 0 fully saturated rings. The van der Waals surface area contributed by atoms with Crippen LogP contribution in [0.1, 0.15) is 10.6 Å². The number of pyridine rings is 1. The molecule has 92 valence electrons. The van der Waals surface area contributed by atoms with Crippen LogP contribution in [-0.2, 0) is 0 Å². The summed E-state index contributed by atoms with van der Waals surface area (Å²) in [6.45, 7) is 1.35. The van der Waals surface area contributed by atoms with Crippen LogP contribution in [0, 0.1) is 0 Å². The third kappa shape index (κ3) is 1.60. The number of hydrogen-bond acceptors (Lipinski definition) is 5. The molecule has 1 amide bonds. The van der Waals surface area contributed by atoms with Crippen molar-refractivity contribution in [3.8, 4) is 0 Å². The normalized spacial score (nSPS) is 14.5. The molecule has 0 saturated carbocycles. The van der Waals surface area contributed by atoms with E-state index in [9.17, 15) is 4.79 Å². The van der Waals surface area contributed by atoms with Crippen molar-refractivity contribution >= 4 is 17.4 Å². The highest BCUT2D eigenvalue weighted by atomic mass is 16.2. The number of nitrogens with one attached hydrogen (secondary N) is 1. The number of hydrogen-bond donors (Lipinski definition) is 1. The number of aromatic nitrogens is 4. The van der Waals surface area contributed by atoms with Gasteiger partial charge >= 0.3 is 0 Å². The van der Waals surface area contributed by atoms with Crippen LogP contribution < -0.4 is 9.80 Å². The molecule has 3 rings (SSSR count). The van der Waals surface area contributed by atoms with Crippen LogP contribution in [-0.4, -0.2) is 46.2 Å². The Kier molecular flexibility index (Phi) is 2.44. The molecule has 1 aliphatic rings. The molecular weight excluding hydrogens is 232 g/mol. The summed E-state index contributed by atoms with van der Waals surface area (Å²) in [5.74, 6) is 0.862. The summed E-state index contributed by atoms with van der Waals surface area (Å²) >= 11 is 0. The maximum absolute atomic E-state index is 12.3. The second-order valence-corrected chi connectivity index (χ2v) is 4.06. The maximum Gasteiger partial charge on any atom is 0.295 e. The van der Waals surface area contributed by atoms with Gasteiger partial charge in [0.25, 0.3) is 5.91 Å². The zero-order chi connectivity index (χ0) is 12.5. The van der Waals surface area contributed by atoms with Gasteiger partial charge in [-0.05, 0) is 12.1 Å². The molecule has 7 nitrogen and oxygen atoms in total. The van der Waals surface area contributed by atoms with Crippen molar-refractivity contribution in [1.82, 2.24) is 20.2 Å². The molecular formula is C11H12N6O. The van der Waals surface area contributed by atoms with Gasteiger partial charge in [0, 0.05) is 26.3 Å². The first-order valence-electron chi connectivity index (χ1n) is 5.61. The Morgan fingerprint density at radius 2 is 2.28 bits per heavy atom. The molecule has 7 heteroatoms. The van der Waals surface area contributed by atoms with Crippen molar-refractivity contribution in [3.63, 3.8) is 0 Å². The third-order valence-corrected chi connectivity index (χ3v) is 2.94. The topological polar surface area (TPSA) is 78.0 Å². The van der Waals surface area contributed by atoms with Crippen LogP contribution in [0.2, 0.25) is 0 Å². The minimum Gasteiger partial charge on any atom is -0.356 e. The SMILES string of the molecule is CN1CCN(C(=O)c2ncn[nH]2)c2cccnc21. The van der Waals surface area contributed by atoms with Gasteiger partial charge in [0.15, 0.2) is 5.82 Å². The van der Waals surface area contributed by atoms with Gasteiger partial charge in [0.1, 0.15) is 6.33 Å². The van der Waals surface area contributed by atoms with E-state index in [1.807, 2.05) is 24.1 Å².